The summed E-state index contributed by atoms with van der Waals surface area (Å²) < 4.78 is 6.44. The van der Waals surface area contributed by atoms with E-state index in [4.69, 9.17) is 16.3 Å². The molecule has 0 bridgehead atoms. The Kier molecular flexibility index (Phi) is 8.49. The Morgan fingerprint density at radius 1 is 1.03 bits per heavy atom. The lowest BCUT2D eigenvalue weighted by Crippen LogP contribution is -2.61. The maximum Gasteiger partial charge on any atom is 0.246 e. The first-order chi connectivity index (χ1) is 16.2. The maximum absolute atomic E-state index is 12.3. The zero-order valence-electron chi connectivity index (χ0n) is 22.6. The third kappa shape index (κ3) is 4.66. The van der Waals surface area contributed by atoms with Crippen LogP contribution in [0, 0.1) is 34.5 Å². The van der Waals surface area contributed by atoms with Gasteiger partial charge >= 0.3 is 0 Å². The van der Waals surface area contributed by atoms with E-state index in [1.165, 1.54) is 12.8 Å². The van der Waals surface area contributed by atoms with Gasteiger partial charge in [-0.05, 0) is 91.5 Å². The van der Waals surface area contributed by atoms with Gasteiger partial charge in [0.25, 0.3) is 0 Å². The van der Waals surface area contributed by atoms with Gasteiger partial charge in [0.05, 0.1) is 6.10 Å². The van der Waals surface area contributed by atoms with Crippen LogP contribution in [0.25, 0.3) is 0 Å². The molecule has 0 aromatic heterocycles. The van der Waals surface area contributed by atoms with E-state index in [0.717, 1.165) is 30.0 Å². The molecule has 1 amide bonds. The molecule has 5 rings (SSSR count). The zero-order chi connectivity index (χ0) is 25.3. The van der Waals surface area contributed by atoms with E-state index in [0.29, 0.717) is 35.1 Å². The van der Waals surface area contributed by atoms with Crippen molar-refractivity contribution in [3.8, 4) is 5.75 Å². The number of nitrogens with zero attached hydrogens (tertiary/aromatic N) is 1. The molecule has 1 aliphatic heterocycles. The summed E-state index contributed by atoms with van der Waals surface area (Å²) in [5, 5.41) is 0.750. The lowest BCUT2D eigenvalue weighted by Gasteiger charge is -2.61. The Balaban J connectivity index is 0.000000771. The lowest BCUT2D eigenvalue weighted by atomic mass is 9.46. The van der Waals surface area contributed by atoms with Crippen LogP contribution in [0.4, 0.5) is 0 Å². The second-order valence-corrected chi connectivity index (χ2v) is 11.4. The van der Waals surface area contributed by atoms with Crippen LogP contribution in [0.2, 0.25) is 5.02 Å². The number of ether oxygens (including phenoxy) is 1. The number of benzene rings is 1. The molecule has 0 saturated heterocycles. The number of hydrogen-bond donors (Lipinski definition) is 0. The minimum Gasteiger partial charge on any atom is -0.490 e. The van der Waals surface area contributed by atoms with Crippen molar-refractivity contribution >= 4 is 17.5 Å². The summed E-state index contributed by atoms with van der Waals surface area (Å²) in [6.07, 6.45) is 10.3. The van der Waals surface area contributed by atoms with Gasteiger partial charge < -0.3 is 9.64 Å². The Morgan fingerprint density at radius 2 is 1.68 bits per heavy atom. The molecule has 0 spiro atoms. The summed E-state index contributed by atoms with van der Waals surface area (Å²) in [6, 6.07) is 8.13. The van der Waals surface area contributed by atoms with Crippen LogP contribution >= 0.6 is 11.6 Å². The van der Waals surface area contributed by atoms with Gasteiger partial charge in [-0.1, -0.05) is 66.1 Å². The van der Waals surface area contributed by atoms with Crippen LogP contribution in [0.3, 0.4) is 0 Å². The van der Waals surface area contributed by atoms with Crippen LogP contribution in [0.1, 0.15) is 80.6 Å². The third-order valence-electron chi connectivity index (χ3n) is 9.35. The topological polar surface area (TPSA) is 29.5 Å². The molecule has 190 valence electrons. The van der Waals surface area contributed by atoms with Gasteiger partial charge in [-0.25, -0.2) is 0 Å². The lowest BCUT2D eigenvalue weighted by molar-refractivity contribution is -0.143. The molecule has 3 fully saturated rings. The van der Waals surface area contributed by atoms with Crippen LogP contribution in [-0.4, -0.2) is 30.0 Å². The molecule has 1 aromatic rings. The van der Waals surface area contributed by atoms with Crippen molar-refractivity contribution in [3.05, 3.63) is 41.4 Å². The van der Waals surface area contributed by atoms with Gasteiger partial charge in [-0.2, -0.15) is 0 Å². The summed E-state index contributed by atoms with van der Waals surface area (Å²) in [4.78, 5) is 14.4. The van der Waals surface area contributed by atoms with E-state index >= 15 is 0 Å². The number of carbonyl (C=O) groups is 1. The number of rotatable bonds is 2. The number of halogens is 1. The van der Waals surface area contributed by atoms with Gasteiger partial charge in [-0.15, -0.1) is 0 Å². The molecular formula is C30H46ClNO2. The number of amides is 1. The van der Waals surface area contributed by atoms with E-state index in [-0.39, 0.29) is 17.4 Å². The molecule has 0 N–H and O–H groups in total. The molecular weight excluding hydrogens is 442 g/mol. The molecule has 3 aliphatic carbocycles. The predicted molar refractivity (Wildman–Crippen MR) is 143 cm³/mol. The van der Waals surface area contributed by atoms with Gasteiger partial charge in [0.2, 0.25) is 5.91 Å². The summed E-state index contributed by atoms with van der Waals surface area (Å²) in [5.74, 6) is 3.77. The van der Waals surface area contributed by atoms with E-state index < -0.39 is 0 Å². The maximum atomic E-state index is 12.3. The molecule has 4 heteroatoms. The standard InChI is InChI=1S/C26H34ClNO2.2C2H6/c1-16-13-22-26(3,12-10-23(29)28(22)4)20-9-11-25(2)15-19(14-21(25)24(16)20)30-18-7-5-17(27)6-8-18;2*1-2/h5-8,10,12,16,19-22,24H,9,11,13-15H2,1-4H3;2*1-2H3/t16?,19-,20?,21?,22?,24?,25?,26+;;/m0../s1. The first-order valence-electron chi connectivity index (χ1n) is 13.6. The fourth-order valence-electron chi connectivity index (χ4n) is 7.85. The average molecular weight is 488 g/mol. The summed E-state index contributed by atoms with van der Waals surface area (Å²) in [7, 11) is 2.00. The highest BCUT2D eigenvalue weighted by Gasteiger charge is 2.61. The highest BCUT2D eigenvalue weighted by molar-refractivity contribution is 6.30. The summed E-state index contributed by atoms with van der Waals surface area (Å²) in [6.45, 7) is 15.4. The highest BCUT2D eigenvalue weighted by Crippen LogP contribution is 2.65. The van der Waals surface area contributed by atoms with Crippen molar-refractivity contribution in [1.82, 2.24) is 4.90 Å². The largest absolute Gasteiger partial charge is 0.490 e. The Labute approximate surface area is 213 Å². The van der Waals surface area contributed by atoms with Gasteiger partial charge in [0.1, 0.15) is 5.75 Å². The molecule has 6 unspecified atom stereocenters. The predicted octanol–water partition coefficient (Wildman–Crippen LogP) is 8.03. The molecule has 4 aliphatic rings. The van der Waals surface area contributed by atoms with Gasteiger partial charge in [0, 0.05) is 23.5 Å². The fourth-order valence-corrected chi connectivity index (χ4v) is 7.97. The normalized spacial score (nSPS) is 40.0. The SMILES string of the molecule is CC.CC.CC1CC2N(C)C(=O)C=C[C@]2(C)C2CCC3(C)C[C@@H](Oc4ccc(Cl)cc4)CC3C12. The number of likely N-dealkylation sites (N-methyl/N-ethyl adjacent to an activating group) is 1. The van der Waals surface area contributed by atoms with Crippen LogP contribution in [-0.2, 0) is 4.79 Å². The summed E-state index contributed by atoms with van der Waals surface area (Å²) in [5.41, 5.74) is 0.451. The van der Waals surface area contributed by atoms with Crippen LogP contribution in [0.5, 0.6) is 5.75 Å². The monoisotopic (exact) mass is 487 g/mol. The Hall–Kier alpha value is -1.48. The second kappa shape index (κ2) is 10.6. The van der Waals surface area contributed by atoms with E-state index in [2.05, 4.69) is 26.8 Å². The molecule has 8 atom stereocenters. The van der Waals surface area contributed by atoms with E-state index in [1.807, 2.05) is 70.0 Å². The molecule has 1 heterocycles. The van der Waals surface area contributed by atoms with Crippen molar-refractivity contribution in [1.29, 1.82) is 0 Å². The average Bonchev–Trinajstić information content (AvgIpc) is 3.18. The van der Waals surface area contributed by atoms with Gasteiger partial charge in [0.15, 0.2) is 0 Å². The summed E-state index contributed by atoms with van der Waals surface area (Å²) >= 11 is 6.04. The minimum absolute atomic E-state index is 0.0935. The van der Waals surface area contributed by atoms with E-state index in [9.17, 15) is 4.79 Å². The number of carbonyl (C=O) groups excluding carboxylic acids is 1. The molecule has 3 saturated carbocycles. The smallest absolute Gasteiger partial charge is 0.246 e. The quantitative estimate of drug-likeness (QED) is 0.422. The Bertz CT molecular complexity index is 867. The van der Waals surface area contributed by atoms with Crippen molar-refractivity contribution in [2.75, 3.05) is 7.05 Å². The molecule has 3 nitrogen and oxygen atoms in total. The molecule has 34 heavy (non-hydrogen) atoms. The first-order valence-corrected chi connectivity index (χ1v) is 14.0. The van der Waals surface area contributed by atoms with Crippen molar-refractivity contribution < 1.29 is 9.53 Å². The number of fused-ring (bicyclic) bond motifs is 5. The second-order valence-electron chi connectivity index (χ2n) is 11.0. The number of hydrogen-bond acceptors (Lipinski definition) is 2. The fraction of sp³-hybridized carbons (Fsp3) is 0.700. The van der Waals surface area contributed by atoms with Crippen molar-refractivity contribution in [2.24, 2.45) is 34.5 Å². The first kappa shape index (κ1) is 27.1. The van der Waals surface area contributed by atoms with Crippen LogP contribution in [0.15, 0.2) is 36.4 Å². The minimum atomic E-state index is 0.0935. The van der Waals surface area contributed by atoms with Gasteiger partial charge in [-0.3, -0.25) is 4.79 Å². The molecule has 0 radical (unpaired) electrons. The highest BCUT2D eigenvalue weighted by atomic mass is 35.5. The van der Waals surface area contributed by atoms with Crippen molar-refractivity contribution in [3.63, 3.8) is 0 Å². The Morgan fingerprint density at radius 3 is 2.32 bits per heavy atom. The molecule has 1 aromatic carbocycles. The third-order valence-corrected chi connectivity index (χ3v) is 9.60. The zero-order valence-corrected chi connectivity index (χ0v) is 23.4. The van der Waals surface area contributed by atoms with Crippen LogP contribution < -0.4 is 4.74 Å². The van der Waals surface area contributed by atoms with Crippen molar-refractivity contribution in [2.45, 2.75) is 92.7 Å². The van der Waals surface area contributed by atoms with E-state index in [1.54, 1.807) is 0 Å².